The Labute approximate surface area is 119 Å². The molecule has 6 heteroatoms. The summed E-state index contributed by atoms with van der Waals surface area (Å²) in [7, 11) is 3.55. The Bertz CT molecular complexity index is 411. The number of anilines is 1. The second-order valence-corrected chi connectivity index (χ2v) is 4.38. The summed E-state index contributed by atoms with van der Waals surface area (Å²) in [5.74, 6) is 0.782. The van der Waals surface area contributed by atoms with Crippen molar-refractivity contribution in [3.05, 3.63) is 24.3 Å². The summed E-state index contributed by atoms with van der Waals surface area (Å²) in [6.45, 7) is 1.56. The van der Waals surface area contributed by atoms with Gasteiger partial charge in [0, 0.05) is 24.8 Å². The maximum absolute atomic E-state index is 12.0. The normalized spacial score (nSPS) is 17.8. The molecule has 0 spiro atoms. The zero-order valence-corrected chi connectivity index (χ0v) is 12.0. The third kappa shape index (κ3) is 4.01. The van der Waals surface area contributed by atoms with Crippen LogP contribution in [0.5, 0.6) is 5.75 Å². The molecule has 19 heavy (non-hydrogen) atoms. The first-order valence-corrected chi connectivity index (χ1v) is 6.10. The van der Waals surface area contributed by atoms with Crippen LogP contribution >= 0.6 is 12.4 Å². The molecule has 1 aliphatic heterocycles. The first-order chi connectivity index (χ1) is 8.72. The summed E-state index contributed by atoms with van der Waals surface area (Å²) in [6, 6.07) is 7.70. The lowest BCUT2D eigenvalue weighted by Crippen LogP contribution is -2.36. The first-order valence-electron chi connectivity index (χ1n) is 6.10. The third-order valence-corrected chi connectivity index (χ3v) is 3.23. The highest BCUT2D eigenvalue weighted by Crippen LogP contribution is 2.16. The third-order valence-electron chi connectivity index (χ3n) is 3.23. The van der Waals surface area contributed by atoms with E-state index < -0.39 is 0 Å². The fourth-order valence-electron chi connectivity index (χ4n) is 2.06. The van der Waals surface area contributed by atoms with Gasteiger partial charge in [0.2, 0.25) is 0 Å². The Balaban J connectivity index is 0.00000180. The molecule has 1 atom stereocenters. The number of amides is 2. The average molecular weight is 286 g/mol. The van der Waals surface area contributed by atoms with Crippen molar-refractivity contribution < 1.29 is 9.53 Å². The minimum Gasteiger partial charge on any atom is -0.497 e. The molecule has 0 saturated carbocycles. The Hall–Kier alpha value is -1.46. The number of likely N-dealkylation sites (N-methyl/N-ethyl adjacent to an activating group) is 1. The highest BCUT2D eigenvalue weighted by Gasteiger charge is 2.24. The summed E-state index contributed by atoms with van der Waals surface area (Å²) in [5.41, 5.74) is 0.786. The Morgan fingerprint density at radius 1 is 1.37 bits per heavy atom. The van der Waals surface area contributed by atoms with E-state index in [1.54, 1.807) is 7.11 Å². The van der Waals surface area contributed by atoms with Gasteiger partial charge >= 0.3 is 6.03 Å². The van der Waals surface area contributed by atoms with Crippen molar-refractivity contribution in [3.63, 3.8) is 0 Å². The quantitative estimate of drug-likeness (QED) is 0.892. The summed E-state index contributed by atoms with van der Waals surface area (Å²) in [6.07, 6.45) is 1.01. The number of nitrogens with one attached hydrogen (secondary N) is 2. The van der Waals surface area contributed by atoms with Crippen LogP contribution in [0.3, 0.4) is 0 Å². The second-order valence-electron chi connectivity index (χ2n) is 4.38. The molecular formula is C13H20ClN3O2. The Morgan fingerprint density at radius 2 is 2.05 bits per heavy atom. The van der Waals surface area contributed by atoms with Gasteiger partial charge in [0.25, 0.3) is 0 Å². The summed E-state index contributed by atoms with van der Waals surface area (Å²) < 4.78 is 5.07. The van der Waals surface area contributed by atoms with Crippen LogP contribution in [0.25, 0.3) is 0 Å². The van der Waals surface area contributed by atoms with E-state index in [1.807, 2.05) is 36.2 Å². The molecule has 0 aliphatic carbocycles. The molecule has 2 amide bonds. The first kappa shape index (κ1) is 15.6. The van der Waals surface area contributed by atoms with E-state index >= 15 is 0 Å². The number of hydrogen-bond donors (Lipinski definition) is 2. The molecule has 1 aromatic rings. The van der Waals surface area contributed by atoms with Crippen molar-refractivity contribution in [2.45, 2.75) is 12.5 Å². The largest absolute Gasteiger partial charge is 0.497 e. The van der Waals surface area contributed by atoms with Gasteiger partial charge < -0.3 is 20.3 Å². The van der Waals surface area contributed by atoms with Gasteiger partial charge in [0.05, 0.1) is 7.11 Å². The van der Waals surface area contributed by atoms with E-state index in [-0.39, 0.29) is 18.4 Å². The molecule has 0 radical (unpaired) electrons. The van der Waals surface area contributed by atoms with Crippen LogP contribution in [0, 0.1) is 0 Å². The van der Waals surface area contributed by atoms with Crippen molar-refractivity contribution >= 4 is 24.1 Å². The lowest BCUT2D eigenvalue weighted by molar-refractivity contribution is 0.221. The maximum Gasteiger partial charge on any atom is 0.321 e. The van der Waals surface area contributed by atoms with E-state index in [2.05, 4.69) is 10.6 Å². The standard InChI is InChI=1S/C13H19N3O2.ClH/c1-14-11-7-8-16(9-11)13(17)15-10-3-5-12(18-2)6-4-10;/h3-6,11,14H,7-9H2,1-2H3,(H,15,17);1H/t11-;/m0./s1. The number of carbonyl (C=O) groups excluding carboxylic acids is 1. The predicted molar refractivity (Wildman–Crippen MR) is 78.3 cm³/mol. The molecule has 0 unspecified atom stereocenters. The molecule has 2 rings (SSSR count). The van der Waals surface area contributed by atoms with E-state index in [4.69, 9.17) is 4.74 Å². The molecule has 5 nitrogen and oxygen atoms in total. The van der Waals surface area contributed by atoms with Crippen molar-refractivity contribution in [3.8, 4) is 5.75 Å². The lowest BCUT2D eigenvalue weighted by atomic mass is 10.3. The van der Waals surface area contributed by atoms with Crippen molar-refractivity contribution in [1.29, 1.82) is 0 Å². The fourth-order valence-corrected chi connectivity index (χ4v) is 2.06. The van der Waals surface area contributed by atoms with E-state index in [1.165, 1.54) is 0 Å². The molecule has 0 bridgehead atoms. The van der Waals surface area contributed by atoms with Gasteiger partial charge in [-0.25, -0.2) is 4.79 Å². The van der Waals surface area contributed by atoms with Crippen LogP contribution < -0.4 is 15.4 Å². The van der Waals surface area contributed by atoms with Crippen LogP contribution in [0.2, 0.25) is 0 Å². The number of rotatable bonds is 3. The molecular weight excluding hydrogens is 266 g/mol. The molecule has 0 aromatic heterocycles. The Morgan fingerprint density at radius 3 is 2.58 bits per heavy atom. The van der Waals surface area contributed by atoms with Crippen molar-refractivity contribution in [1.82, 2.24) is 10.2 Å². The highest BCUT2D eigenvalue weighted by atomic mass is 35.5. The van der Waals surface area contributed by atoms with Gasteiger partial charge in [-0.1, -0.05) is 0 Å². The van der Waals surface area contributed by atoms with E-state index in [0.717, 1.165) is 30.9 Å². The van der Waals surface area contributed by atoms with Crippen LogP contribution in [0.15, 0.2) is 24.3 Å². The molecule has 2 N–H and O–H groups in total. The van der Waals surface area contributed by atoms with E-state index in [9.17, 15) is 4.79 Å². The maximum atomic E-state index is 12.0. The SMILES string of the molecule is CN[C@H]1CCN(C(=O)Nc2ccc(OC)cc2)C1.Cl. The number of urea groups is 1. The average Bonchev–Trinajstić information content (AvgIpc) is 2.88. The van der Waals surface area contributed by atoms with Gasteiger partial charge in [-0.15, -0.1) is 12.4 Å². The summed E-state index contributed by atoms with van der Waals surface area (Å²) >= 11 is 0. The minimum absolute atomic E-state index is 0. The minimum atomic E-state index is -0.0436. The van der Waals surface area contributed by atoms with Crippen LogP contribution in [0.4, 0.5) is 10.5 Å². The van der Waals surface area contributed by atoms with E-state index in [0.29, 0.717) is 6.04 Å². The number of ether oxygens (including phenoxy) is 1. The monoisotopic (exact) mass is 285 g/mol. The number of nitrogens with zero attached hydrogens (tertiary/aromatic N) is 1. The fraction of sp³-hybridized carbons (Fsp3) is 0.462. The second kappa shape index (κ2) is 7.21. The molecule has 106 valence electrons. The molecule has 1 aromatic carbocycles. The van der Waals surface area contributed by atoms with Gasteiger partial charge in [0.1, 0.15) is 5.75 Å². The van der Waals surface area contributed by atoms with Gasteiger partial charge in [-0.3, -0.25) is 0 Å². The predicted octanol–water partition coefficient (Wildman–Crippen LogP) is 1.94. The number of carbonyl (C=O) groups is 1. The lowest BCUT2D eigenvalue weighted by Gasteiger charge is -2.17. The number of halogens is 1. The zero-order chi connectivity index (χ0) is 13.0. The molecule has 1 saturated heterocycles. The topological polar surface area (TPSA) is 53.6 Å². The summed E-state index contributed by atoms with van der Waals surface area (Å²) in [5, 5.41) is 6.07. The Kier molecular flexibility index (Phi) is 5.92. The number of likely N-dealkylation sites (tertiary alicyclic amines) is 1. The number of benzene rings is 1. The van der Waals surface area contributed by atoms with Gasteiger partial charge in [0.15, 0.2) is 0 Å². The number of methoxy groups -OCH3 is 1. The summed E-state index contributed by atoms with van der Waals surface area (Å²) in [4.78, 5) is 13.8. The smallest absolute Gasteiger partial charge is 0.321 e. The van der Waals surface area contributed by atoms with Gasteiger partial charge in [-0.2, -0.15) is 0 Å². The highest BCUT2D eigenvalue weighted by molar-refractivity contribution is 5.89. The van der Waals surface area contributed by atoms with Crippen LogP contribution in [-0.4, -0.2) is 44.2 Å². The molecule has 1 aliphatic rings. The number of hydrogen-bond acceptors (Lipinski definition) is 3. The molecule has 1 fully saturated rings. The van der Waals surface area contributed by atoms with Crippen molar-refractivity contribution in [2.24, 2.45) is 0 Å². The zero-order valence-electron chi connectivity index (χ0n) is 11.2. The van der Waals surface area contributed by atoms with Crippen LogP contribution in [-0.2, 0) is 0 Å². The molecule has 1 heterocycles. The van der Waals surface area contributed by atoms with Crippen LogP contribution in [0.1, 0.15) is 6.42 Å². The van der Waals surface area contributed by atoms with Crippen molar-refractivity contribution in [2.75, 3.05) is 32.6 Å². The van der Waals surface area contributed by atoms with Gasteiger partial charge in [-0.05, 0) is 37.7 Å².